The molecule has 0 fully saturated rings. The largest absolute Gasteiger partial charge is 0.387 e. The molecular weight excluding hydrogens is 238 g/mol. The number of aromatic nitrogens is 1. The highest BCUT2D eigenvalue weighted by Crippen LogP contribution is 2.12. The number of rotatable bonds is 5. The second-order valence-corrected chi connectivity index (χ2v) is 4.16. The Morgan fingerprint density at radius 3 is 2.74 bits per heavy atom. The Hall–Kier alpha value is -2.36. The first-order chi connectivity index (χ1) is 9.31. The lowest BCUT2D eigenvalue weighted by molar-refractivity contribution is 0.0954. The van der Waals surface area contributed by atoms with Crippen molar-refractivity contribution in [3.63, 3.8) is 0 Å². The van der Waals surface area contributed by atoms with Gasteiger partial charge in [0.2, 0.25) is 0 Å². The first-order valence-electron chi connectivity index (χ1n) is 6.25. The lowest BCUT2D eigenvalue weighted by atomic mass is 10.1. The van der Waals surface area contributed by atoms with Crippen LogP contribution in [0.15, 0.2) is 48.8 Å². The summed E-state index contributed by atoms with van der Waals surface area (Å²) in [6.07, 6.45) is 4.05. The molecule has 0 aliphatic rings. The molecular formula is C15H17N3O. The topological polar surface area (TPSA) is 54.0 Å². The van der Waals surface area contributed by atoms with Crippen LogP contribution in [0.4, 0.5) is 5.69 Å². The van der Waals surface area contributed by atoms with E-state index in [1.807, 2.05) is 18.2 Å². The summed E-state index contributed by atoms with van der Waals surface area (Å²) in [5.41, 5.74) is 2.56. The van der Waals surface area contributed by atoms with Gasteiger partial charge in [0.1, 0.15) is 0 Å². The average Bonchev–Trinajstić information content (AvgIpc) is 2.48. The number of hydrogen-bond donors (Lipinski definition) is 2. The lowest BCUT2D eigenvalue weighted by Gasteiger charge is -2.09. The van der Waals surface area contributed by atoms with E-state index in [4.69, 9.17) is 0 Å². The molecule has 0 saturated carbocycles. The maximum Gasteiger partial charge on any atom is 0.254 e. The summed E-state index contributed by atoms with van der Waals surface area (Å²) in [4.78, 5) is 16.0. The molecule has 2 N–H and O–H groups in total. The van der Waals surface area contributed by atoms with Gasteiger partial charge in [-0.1, -0.05) is 30.3 Å². The summed E-state index contributed by atoms with van der Waals surface area (Å²) >= 11 is 0. The molecule has 0 atom stereocenters. The summed E-state index contributed by atoms with van der Waals surface area (Å²) in [5.74, 6) is -0.103. The summed E-state index contributed by atoms with van der Waals surface area (Å²) in [6, 6.07) is 11.9. The first-order valence-corrected chi connectivity index (χ1v) is 6.25. The third-order valence-electron chi connectivity index (χ3n) is 2.88. The van der Waals surface area contributed by atoms with Crippen molar-refractivity contribution >= 4 is 11.6 Å². The minimum Gasteiger partial charge on any atom is -0.387 e. The van der Waals surface area contributed by atoms with E-state index in [2.05, 4.69) is 27.8 Å². The van der Waals surface area contributed by atoms with E-state index in [1.165, 1.54) is 5.56 Å². The normalized spacial score (nSPS) is 9.95. The quantitative estimate of drug-likeness (QED) is 0.860. The minimum atomic E-state index is -0.103. The number of nitrogens with zero attached hydrogens (tertiary/aromatic N) is 1. The fourth-order valence-electron chi connectivity index (χ4n) is 1.85. The van der Waals surface area contributed by atoms with Crippen LogP contribution < -0.4 is 10.6 Å². The van der Waals surface area contributed by atoms with E-state index in [9.17, 15) is 4.79 Å². The van der Waals surface area contributed by atoms with Crippen LogP contribution in [-0.2, 0) is 6.42 Å². The Bertz CT molecular complexity index is 540. The van der Waals surface area contributed by atoms with Crippen LogP contribution in [0.5, 0.6) is 0 Å². The number of anilines is 1. The Morgan fingerprint density at radius 1 is 1.21 bits per heavy atom. The molecule has 0 spiro atoms. The Balaban J connectivity index is 1.91. The molecule has 19 heavy (non-hydrogen) atoms. The molecule has 0 bridgehead atoms. The van der Waals surface area contributed by atoms with Crippen molar-refractivity contribution < 1.29 is 4.79 Å². The number of amides is 1. The summed E-state index contributed by atoms with van der Waals surface area (Å²) in [5, 5.41) is 5.89. The number of carbonyl (C=O) groups is 1. The second kappa shape index (κ2) is 6.54. The maximum atomic E-state index is 12.0. The zero-order valence-corrected chi connectivity index (χ0v) is 10.9. The number of pyridine rings is 1. The molecule has 0 aliphatic carbocycles. The van der Waals surface area contributed by atoms with Crippen molar-refractivity contribution in [2.24, 2.45) is 0 Å². The minimum absolute atomic E-state index is 0.103. The van der Waals surface area contributed by atoms with Gasteiger partial charge >= 0.3 is 0 Å². The lowest BCUT2D eigenvalue weighted by Crippen LogP contribution is -2.26. The average molecular weight is 255 g/mol. The summed E-state index contributed by atoms with van der Waals surface area (Å²) in [6.45, 7) is 0.612. The van der Waals surface area contributed by atoms with Crippen LogP contribution in [-0.4, -0.2) is 24.5 Å². The van der Waals surface area contributed by atoms with Crippen molar-refractivity contribution in [3.05, 3.63) is 59.9 Å². The molecule has 4 heteroatoms. The second-order valence-electron chi connectivity index (χ2n) is 4.16. The van der Waals surface area contributed by atoms with Gasteiger partial charge in [-0.15, -0.1) is 0 Å². The summed E-state index contributed by atoms with van der Waals surface area (Å²) < 4.78 is 0. The molecule has 1 heterocycles. The zero-order valence-electron chi connectivity index (χ0n) is 10.9. The molecule has 1 amide bonds. The number of benzene rings is 1. The van der Waals surface area contributed by atoms with Gasteiger partial charge in [0, 0.05) is 31.7 Å². The third-order valence-corrected chi connectivity index (χ3v) is 2.88. The molecule has 0 saturated heterocycles. The van der Waals surface area contributed by atoms with E-state index in [0.717, 1.165) is 12.1 Å². The van der Waals surface area contributed by atoms with E-state index in [-0.39, 0.29) is 5.91 Å². The van der Waals surface area contributed by atoms with E-state index in [0.29, 0.717) is 12.1 Å². The molecule has 2 rings (SSSR count). The molecule has 0 aliphatic heterocycles. The van der Waals surface area contributed by atoms with Gasteiger partial charge in [0.15, 0.2) is 0 Å². The fourth-order valence-corrected chi connectivity index (χ4v) is 1.85. The van der Waals surface area contributed by atoms with Gasteiger partial charge in [-0.3, -0.25) is 9.78 Å². The predicted molar refractivity (Wildman–Crippen MR) is 76.3 cm³/mol. The Labute approximate surface area is 112 Å². The monoisotopic (exact) mass is 255 g/mol. The summed E-state index contributed by atoms with van der Waals surface area (Å²) in [7, 11) is 1.79. The van der Waals surface area contributed by atoms with Crippen molar-refractivity contribution in [3.8, 4) is 0 Å². The number of carbonyl (C=O) groups excluding carboxylic acids is 1. The number of nitrogens with one attached hydrogen (secondary N) is 2. The highest BCUT2D eigenvalue weighted by atomic mass is 16.1. The highest BCUT2D eigenvalue weighted by Gasteiger charge is 2.09. The van der Waals surface area contributed by atoms with Crippen LogP contribution in [0.3, 0.4) is 0 Å². The van der Waals surface area contributed by atoms with Crippen LogP contribution >= 0.6 is 0 Å². The predicted octanol–water partition coefficient (Wildman–Crippen LogP) is 2.10. The van der Waals surface area contributed by atoms with Crippen molar-refractivity contribution in [2.75, 3.05) is 18.9 Å². The molecule has 1 aromatic carbocycles. The molecule has 1 aromatic heterocycles. The van der Waals surface area contributed by atoms with Crippen LogP contribution in [0.25, 0.3) is 0 Å². The van der Waals surface area contributed by atoms with Gasteiger partial charge in [-0.2, -0.15) is 0 Å². The number of hydrogen-bond acceptors (Lipinski definition) is 3. The van der Waals surface area contributed by atoms with Crippen molar-refractivity contribution in [1.29, 1.82) is 0 Å². The van der Waals surface area contributed by atoms with Crippen molar-refractivity contribution in [2.45, 2.75) is 6.42 Å². The first kappa shape index (κ1) is 13.1. The SMILES string of the molecule is CNc1ccncc1C(=O)NCCc1ccccc1. The fraction of sp³-hybridized carbons (Fsp3) is 0.200. The molecule has 2 aromatic rings. The Kier molecular flexibility index (Phi) is 4.50. The molecule has 0 unspecified atom stereocenters. The molecule has 98 valence electrons. The standard InChI is InChI=1S/C15H17N3O/c1-16-14-8-9-17-11-13(14)15(19)18-10-7-12-5-3-2-4-6-12/h2-6,8-9,11H,7,10H2,1H3,(H,16,17)(H,18,19). The Morgan fingerprint density at radius 2 is 2.00 bits per heavy atom. The van der Waals surface area contributed by atoms with Crippen LogP contribution in [0.1, 0.15) is 15.9 Å². The van der Waals surface area contributed by atoms with E-state index in [1.54, 1.807) is 25.5 Å². The van der Waals surface area contributed by atoms with Gasteiger partial charge in [0.05, 0.1) is 5.56 Å². The smallest absolute Gasteiger partial charge is 0.254 e. The maximum absolute atomic E-state index is 12.0. The third kappa shape index (κ3) is 3.55. The van der Waals surface area contributed by atoms with E-state index < -0.39 is 0 Å². The molecule has 0 radical (unpaired) electrons. The van der Waals surface area contributed by atoms with Gasteiger partial charge in [-0.05, 0) is 18.1 Å². The highest BCUT2D eigenvalue weighted by molar-refractivity contribution is 5.99. The van der Waals surface area contributed by atoms with Gasteiger partial charge < -0.3 is 10.6 Å². The van der Waals surface area contributed by atoms with Gasteiger partial charge in [0.25, 0.3) is 5.91 Å². The van der Waals surface area contributed by atoms with E-state index >= 15 is 0 Å². The van der Waals surface area contributed by atoms with Gasteiger partial charge in [-0.25, -0.2) is 0 Å². The zero-order chi connectivity index (χ0) is 13.5. The van der Waals surface area contributed by atoms with Crippen molar-refractivity contribution in [1.82, 2.24) is 10.3 Å². The van der Waals surface area contributed by atoms with Crippen LogP contribution in [0.2, 0.25) is 0 Å². The van der Waals surface area contributed by atoms with Crippen LogP contribution in [0, 0.1) is 0 Å². The molecule has 4 nitrogen and oxygen atoms in total.